The maximum Gasteiger partial charge on any atom is 0.194 e. The van der Waals surface area contributed by atoms with Gasteiger partial charge in [0, 0.05) is 38.8 Å². The van der Waals surface area contributed by atoms with Crippen molar-refractivity contribution in [1.82, 2.24) is 20.0 Å². The molecule has 166 valence electrons. The lowest BCUT2D eigenvalue weighted by molar-refractivity contribution is 0.0195. The van der Waals surface area contributed by atoms with Crippen molar-refractivity contribution in [2.24, 2.45) is 4.99 Å². The van der Waals surface area contributed by atoms with E-state index in [-0.39, 0.29) is 0 Å². The molecule has 3 saturated heterocycles. The quantitative estimate of drug-likeness (QED) is 0.573. The van der Waals surface area contributed by atoms with Gasteiger partial charge in [-0.1, -0.05) is 29.8 Å². The first-order valence-electron chi connectivity index (χ1n) is 11.9. The molecule has 3 aliphatic rings. The summed E-state index contributed by atoms with van der Waals surface area (Å²) in [6, 6.07) is 10.1. The first kappa shape index (κ1) is 21.6. The monoisotopic (exact) mass is 413 g/mol. The summed E-state index contributed by atoms with van der Waals surface area (Å²) in [4.78, 5) is 12.9. The van der Waals surface area contributed by atoms with Crippen LogP contribution in [0, 0.1) is 6.92 Å². The van der Waals surface area contributed by atoms with E-state index in [0.29, 0.717) is 12.1 Å². The van der Waals surface area contributed by atoms with Crippen LogP contribution in [0.1, 0.15) is 43.4 Å². The number of nitrogens with zero attached hydrogens (tertiary/aromatic N) is 4. The van der Waals surface area contributed by atoms with Crippen LogP contribution in [0.2, 0.25) is 0 Å². The fourth-order valence-electron chi connectivity index (χ4n) is 5.05. The van der Waals surface area contributed by atoms with Crippen molar-refractivity contribution in [1.29, 1.82) is 0 Å². The van der Waals surface area contributed by atoms with Gasteiger partial charge in [0.2, 0.25) is 0 Å². The first-order valence-corrected chi connectivity index (χ1v) is 11.9. The standard InChI is InChI=1S/C24H39N5O/c1-3-25-24(29-13-10-22(19-29)27-14-16-30-17-15-27)26-18-23(28-11-4-5-12-28)21-8-6-20(2)7-9-21/h6-9,22-23H,3-5,10-19H2,1-2H3,(H,25,26). The normalized spacial score (nSPS) is 25.1. The number of hydrogen-bond acceptors (Lipinski definition) is 4. The lowest BCUT2D eigenvalue weighted by atomic mass is 10.0. The van der Waals surface area contributed by atoms with Crippen LogP contribution in [0.5, 0.6) is 0 Å². The van der Waals surface area contributed by atoms with Gasteiger partial charge in [0.1, 0.15) is 0 Å². The molecular weight excluding hydrogens is 374 g/mol. The van der Waals surface area contributed by atoms with E-state index >= 15 is 0 Å². The zero-order valence-corrected chi connectivity index (χ0v) is 18.9. The highest BCUT2D eigenvalue weighted by molar-refractivity contribution is 5.80. The maximum absolute atomic E-state index is 5.54. The Morgan fingerprint density at radius 3 is 2.53 bits per heavy atom. The van der Waals surface area contributed by atoms with E-state index in [9.17, 15) is 0 Å². The summed E-state index contributed by atoms with van der Waals surface area (Å²) in [5.41, 5.74) is 2.72. The molecule has 6 nitrogen and oxygen atoms in total. The minimum absolute atomic E-state index is 0.374. The minimum Gasteiger partial charge on any atom is -0.379 e. The zero-order chi connectivity index (χ0) is 20.8. The molecule has 4 rings (SSSR count). The number of nitrogens with one attached hydrogen (secondary N) is 1. The molecule has 0 spiro atoms. The van der Waals surface area contributed by atoms with Crippen LogP contribution in [0.25, 0.3) is 0 Å². The Balaban J connectivity index is 1.45. The van der Waals surface area contributed by atoms with E-state index in [0.717, 1.165) is 58.4 Å². The molecule has 1 aromatic rings. The molecule has 0 aliphatic carbocycles. The van der Waals surface area contributed by atoms with Gasteiger partial charge in [0.15, 0.2) is 5.96 Å². The van der Waals surface area contributed by atoms with Crippen molar-refractivity contribution in [3.8, 4) is 0 Å². The zero-order valence-electron chi connectivity index (χ0n) is 18.9. The Bertz CT molecular complexity index is 679. The average molecular weight is 414 g/mol. The van der Waals surface area contributed by atoms with Gasteiger partial charge in [-0.3, -0.25) is 14.8 Å². The Labute approximate surface area is 182 Å². The predicted octanol–water partition coefficient (Wildman–Crippen LogP) is 2.50. The molecule has 30 heavy (non-hydrogen) atoms. The molecular formula is C24H39N5O. The molecule has 0 saturated carbocycles. The van der Waals surface area contributed by atoms with Crippen molar-refractivity contribution in [2.45, 2.75) is 45.2 Å². The van der Waals surface area contributed by atoms with E-state index < -0.39 is 0 Å². The third-order valence-electron chi connectivity index (χ3n) is 6.82. The highest BCUT2D eigenvalue weighted by atomic mass is 16.5. The lowest BCUT2D eigenvalue weighted by Gasteiger charge is -2.32. The summed E-state index contributed by atoms with van der Waals surface area (Å²) in [6.07, 6.45) is 3.83. The second-order valence-electron chi connectivity index (χ2n) is 8.90. The summed E-state index contributed by atoms with van der Waals surface area (Å²) in [5.74, 6) is 1.09. The van der Waals surface area contributed by atoms with Gasteiger partial charge in [0.05, 0.1) is 25.8 Å². The van der Waals surface area contributed by atoms with Crippen LogP contribution in [0.4, 0.5) is 0 Å². The molecule has 2 unspecified atom stereocenters. The smallest absolute Gasteiger partial charge is 0.194 e. The number of morpholine rings is 1. The molecule has 2 atom stereocenters. The van der Waals surface area contributed by atoms with E-state index in [1.54, 1.807) is 0 Å². The fraction of sp³-hybridized carbons (Fsp3) is 0.708. The number of likely N-dealkylation sites (tertiary alicyclic amines) is 2. The summed E-state index contributed by atoms with van der Waals surface area (Å²) < 4.78 is 5.54. The maximum atomic E-state index is 5.54. The van der Waals surface area contributed by atoms with Crippen LogP contribution in [-0.2, 0) is 4.74 Å². The van der Waals surface area contributed by atoms with Gasteiger partial charge in [-0.05, 0) is 51.8 Å². The Kier molecular flexibility index (Phi) is 7.63. The minimum atomic E-state index is 0.374. The Morgan fingerprint density at radius 1 is 1.10 bits per heavy atom. The van der Waals surface area contributed by atoms with Gasteiger partial charge in [-0.25, -0.2) is 0 Å². The van der Waals surface area contributed by atoms with E-state index in [2.05, 4.69) is 58.1 Å². The average Bonchev–Trinajstić information content (AvgIpc) is 3.48. The number of guanidine groups is 1. The van der Waals surface area contributed by atoms with Crippen LogP contribution < -0.4 is 5.32 Å². The molecule has 1 aromatic carbocycles. The van der Waals surface area contributed by atoms with Crippen molar-refractivity contribution < 1.29 is 4.74 Å². The molecule has 3 aliphatic heterocycles. The summed E-state index contributed by atoms with van der Waals surface area (Å²) in [7, 11) is 0. The molecule has 3 fully saturated rings. The fourth-order valence-corrected chi connectivity index (χ4v) is 5.05. The third-order valence-corrected chi connectivity index (χ3v) is 6.82. The van der Waals surface area contributed by atoms with Crippen LogP contribution in [-0.4, -0.2) is 92.3 Å². The summed E-state index contributed by atoms with van der Waals surface area (Å²) in [5, 5.41) is 3.57. The highest BCUT2D eigenvalue weighted by Crippen LogP contribution is 2.26. The van der Waals surface area contributed by atoms with Gasteiger partial charge >= 0.3 is 0 Å². The molecule has 6 heteroatoms. The SMILES string of the molecule is CCNC(=NCC(c1ccc(C)cc1)N1CCCC1)N1CCC(N2CCOCC2)C1. The van der Waals surface area contributed by atoms with Crippen molar-refractivity contribution in [3.05, 3.63) is 35.4 Å². The topological polar surface area (TPSA) is 43.3 Å². The van der Waals surface area contributed by atoms with Crippen LogP contribution >= 0.6 is 0 Å². The number of hydrogen-bond donors (Lipinski definition) is 1. The summed E-state index contributed by atoms with van der Waals surface area (Å²) in [6.45, 7) is 14.5. The van der Waals surface area contributed by atoms with Gasteiger partial charge in [0.25, 0.3) is 0 Å². The molecule has 1 N–H and O–H groups in total. The second-order valence-corrected chi connectivity index (χ2v) is 8.90. The van der Waals surface area contributed by atoms with Crippen molar-refractivity contribution >= 4 is 5.96 Å². The Morgan fingerprint density at radius 2 is 1.83 bits per heavy atom. The first-order chi connectivity index (χ1) is 14.7. The van der Waals surface area contributed by atoms with Crippen LogP contribution in [0.3, 0.4) is 0 Å². The van der Waals surface area contributed by atoms with E-state index in [1.165, 1.54) is 43.5 Å². The number of ether oxygens (including phenoxy) is 1. The number of rotatable bonds is 6. The van der Waals surface area contributed by atoms with Gasteiger partial charge < -0.3 is 15.0 Å². The van der Waals surface area contributed by atoms with E-state index in [1.807, 2.05) is 0 Å². The third kappa shape index (κ3) is 5.34. The van der Waals surface area contributed by atoms with Gasteiger partial charge in [-0.15, -0.1) is 0 Å². The second kappa shape index (κ2) is 10.6. The summed E-state index contributed by atoms with van der Waals surface area (Å²) >= 11 is 0. The van der Waals surface area contributed by atoms with E-state index in [4.69, 9.17) is 9.73 Å². The Hall–Kier alpha value is -1.63. The largest absolute Gasteiger partial charge is 0.379 e. The van der Waals surface area contributed by atoms with Crippen LogP contribution in [0.15, 0.2) is 29.3 Å². The predicted molar refractivity (Wildman–Crippen MR) is 123 cm³/mol. The molecule has 0 amide bonds. The molecule has 3 heterocycles. The molecule has 0 radical (unpaired) electrons. The number of aryl methyl sites for hydroxylation is 1. The number of aliphatic imine (C=N–C) groups is 1. The lowest BCUT2D eigenvalue weighted by Crippen LogP contribution is -2.46. The van der Waals surface area contributed by atoms with Gasteiger partial charge in [-0.2, -0.15) is 0 Å². The molecule has 0 bridgehead atoms. The highest BCUT2D eigenvalue weighted by Gasteiger charge is 2.31. The van der Waals surface area contributed by atoms with Crippen molar-refractivity contribution in [2.75, 3.05) is 65.6 Å². The van der Waals surface area contributed by atoms with Crippen molar-refractivity contribution in [3.63, 3.8) is 0 Å². The molecule has 0 aromatic heterocycles. The number of benzene rings is 1.